The number of halogens is 3. The van der Waals surface area contributed by atoms with Crippen molar-refractivity contribution in [2.45, 2.75) is 85.7 Å². The maximum absolute atomic E-state index is 13.5. The minimum absolute atomic E-state index is 0.0854. The van der Waals surface area contributed by atoms with Crippen LogP contribution in [-0.2, 0) is 11.0 Å². The van der Waals surface area contributed by atoms with E-state index in [0.29, 0.717) is 55.6 Å². The molecule has 8 nitrogen and oxygen atoms in total. The number of imide groups is 1. The zero-order valence-electron chi connectivity index (χ0n) is 27.2. The smallest absolute Gasteiger partial charge is 0.416 e. The molecule has 0 saturated carbocycles. The lowest BCUT2D eigenvalue weighted by Gasteiger charge is -2.53. The summed E-state index contributed by atoms with van der Waals surface area (Å²) in [5.41, 5.74) is -0.660. The summed E-state index contributed by atoms with van der Waals surface area (Å²) in [4.78, 5) is 45.3. The number of hydrogen-bond acceptors (Lipinski definition) is 5. The molecule has 0 unspecified atom stereocenters. The van der Waals surface area contributed by atoms with Crippen LogP contribution in [0, 0.1) is 5.41 Å². The van der Waals surface area contributed by atoms with Gasteiger partial charge in [-0.05, 0) is 81.2 Å². The molecule has 0 bridgehead atoms. The first-order valence-corrected chi connectivity index (χ1v) is 16.0. The van der Waals surface area contributed by atoms with E-state index in [1.165, 1.54) is 12.1 Å². The van der Waals surface area contributed by atoms with Crippen LogP contribution in [0.15, 0.2) is 48.5 Å². The van der Waals surface area contributed by atoms with Crippen LogP contribution in [0.1, 0.15) is 94.8 Å². The maximum Gasteiger partial charge on any atom is 0.416 e. The maximum atomic E-state index is 13.5. The molecule has 2 aromatic rings. The quantitative estimate of drug-likeness (QED) is 0.212. The van der Waals surface area contributed by atoms with Gasteiger partial charge in [0.1, 0.15) is 11.2 Å². The first-order chi connectivity index (χ1) is 21.4. The van der Waals surface area contributed by atoms with E-state index in [1.54, 1.807) is 29.2 Å². The summed E-state index contributed by atoms with van der Waals surface area (Å²) < 4.78 is 45.5. The number of rotatable bonds is 15. The minimum atomic E-state index is -4.47. The van der Waals surface area contributed by atoms with Crippen LogP contribution in [-0.4, -0.2) is 71.5 Å². The van der Waals surface area contributed by atoms with Crippen molar-refractivity contribution < 1.29 is 32.3 Å². The van der Waals surface area contributed by atoms with Gasteiger partial charge in [0.15, 0.2) is 6.23 Å². The van der Waals surface area contributed by atoms with E-state index in [0.717, 1.165) is 36.7 Å². The highest BCUT2D eigenvalue weighted by Gasteiger charge is 2.63. The van der Waals surface area contributed by atoms with E-state index in [4.69, 9.17) is 4.74 Å². The molecule has 1 saturated heterocycles. The predicted molar refractivity (Wildman–Crippen MR) is 168 cm³/mol. The summed E-state index contributed by atoms with van der Waals surface area (Å²) in [5.74, 6) is -0.0406. The Balaban J connectivity index is 1.77. The van der Waals surface area contributed by atoms with E-state index < -0.39 is 35.5 Å². The second kappa shape index (κ2) is 15.6. The Morgan fingerprint density at radius 2 is 1.51 bits per heavy atom. The predicted octanol–water partition coefficient (Wildman–Crippen LogP) is 7.11. The molecule has 1 aliphatic rings. The second-order valence-corrected chi connectivity index (χ2v) is 11.4. The van der Waals surface area contributed by atoms with Gasteiger partial charge in [0.25, 0.3) is 5.91 Å². The molecule has 1 fully saturated rings. The number of likely N-dealkylation sites (tertiary alicyclic amines) is 1. The summed E-state index contributed by atoms with van der Waals surface area (Å²) in [6, 6.07) is 10.1. The van der Waals surface area contributed by atoms with Gasteiger partial charge < -0.3 is 19.9 Å². The van der Waals surface area contributed by atoms with Gasteiger partial charge in [-0.3, -0.25) is 9.59 Å². The number of urea groups is 1. The fraction of sp³-hybridized carbons (Fsp3) is 0.559. The topological polar surface area (TPSA) is 82.2 Å². The number of β-lactam (4-membered cyclic amide) rings is 1. The average molecular weight is 633 g/mol. The fourth-order valence-corrected chi connectivity index (χ4v) is 5.83. The largest absolute Gasteiger partial charge is 0.469 e. The third kappa shape index (κ3) is 7.98. The average Bonchev–Trinajstić information content (AvgIpc) is 3.03. The van der Waals surface area contributed by atoms with E-state index in [2.05, 4.69) is 24.1 Å². The fourth-order valence-electron chi connectivity index (χ4n) is 5.83. The number of nitrogens with one attached hydrogen (secondary N) is 1. The molecule has 4 amide bonds. The number of ether oxygens (including phenoxy) is 1. The normalized spacial score (nSPS) is 16.7. The molecule has 248 valence electrons. The van der Waals surface area contributed by atoms with E-state index in [9.17, 15) is 27.6 Å². The molecular formula is C34H47F3N4O4. The number of amides is 4. The molecule has 2 atom stereocenters. The van der Waals surface area contributed by atoms with E-state index in [1.807, 2.05) is 27.7 Å². The highest BCUT2D eigenvalue weighted by Crippen LogP contribution is 2.46. The van der Waals surface area contributed by atoms with Crippen molar-refractivity contribution in [1.82, 2.24) is 20.0 Å². The Bertz CT molecular complexity index is 1280. The van der Waals surface area contributed by atoms with E-state index >= 15 is 0 Å². The number of nitrogens with zero attached hydrogens (tertiary/aromatic N) is 3. The van der Waals surface area contributed by atoms with Crippen LogP contribution in [0.5, 0.6) is 5.75 Å². The Morgan fingerprint density at radius 1 is 0.911 bits per heavy atom. The second-order valence-electron chi connectivity index (χ2n) is 11.4. The van der Waals surface area contributed by atoms with Gasteiger partial charge in [0, 0.05) is 25.2 Å². The summed E-state index contributed by atoms with van der Waals surface area (Å²) >= 11 is 0. The third-order valence-electron chi connectivity index (χ3n) is 8.95. The van der Waals surface area contributed by atoms with Crippen LogP contribution in [0.2, 0.25) is 0 Å². The SMILES string of the molecule is CCC[C@@H](NC(=O)N1C(=O)C(CC)(CC)[C@@H]1Oc1ccc(C(=O)N(CC)CCN(CC)CC)cc1)c1ccc(C(F)(F)F)cc1. The van der Waals surface area contributed by atoms with Crippen molar-refractivity contribution in [2.24, 2.45) is 5.41 Å². The number of hydrogen-bond donors (Lipinski definition) is 1. The van der Waals surface area contributed by atoms with Crippen molar-refractivity contribution in [2.75, 3.05) is 32.7 Å². The molecule has 1 aliphatic heterocycles. The third-order valence-corrected chi connectivity index (χ3v) is 8.95. The lowest BCUT2D eigenvalue weighted by Crippen LogP contribution is -2.73. The summed E-state index contributed by atoms with van der Waals surface area (Å²) in [7, 11) is 0. The highest BCUT2D eigenvalue weighted by molar-refractivity contribution is 6.03. The zero-order chi connectivity index (χ0) is 33.4. The van der Waals surface area contributed by atoms with Crippen LogP contribution in [0.4, 0.5) is 18.0 Å². The lowest BCUT2D eigenvalue weighted by molar-refractivity contribution is -0.191. The van der Waals surface area contributed by atoms with Gasteiger partial charge in [0.2, 0.25) is 5.91 Å². The van der Waals surface area contributed by atoms with Crippen molar-refractivity contribution in [3.63, 3.8) is 0 Å². The first kappa shape index (κ1) is 35.9. The monoisotopic (exact) mass is 632 g/mol. The van der Waals surface area contributed by atoms with Crippen LogP contribution >= 0.6 is 0 Å². The standard InChI is InChI=1S/C34H47F3N4O4/c1-7-13-28(24-14-18-26(19-15-24)34(35,36)37)38-32(44)41-30(43)33(8-2,9-3)31(41)45-27-20-16-25(17-21-27)29(42)40(12-6)23-22-39(10-4)11-5/h14-21,28,31H,7-13,22-23H2,1-6H3,(H,38,44)/t28-,31+/m1/s1. The minimum Gasteiger partial charge on any atom is -0.469 e. The van der Waals surface area contributed by atoms with Crippen molar-refractivity contribution >= 4 is 17.8 Å². The zero-order valence-corrected chi connectivity index (χ0v) is 27.2. The molecular weight excluding hydrogens is 585 g/mol. The van der Waals surface area contributed by atoms with Crippen LogP contribution < -0.4 is 10.1 Å². The van der Waals surface area contributed by atoms with Crippen molar-refractivity contribution in [1.29, 1.82) is 0 Å². The Labute approximate surface area is 264 Å². The van der Waals surface area contributed by atoms with Gasteiger partial charge in [-0.25, -0.2) is 9.69 Å². The van der Waals surface area contributed by atoms with Gasteiger partial charge in [-0.1, -0.05) is 53.2 Å². The Hall–Kier alpha value is -3.60. The van der Waals surface area contributed by atoms with Gasteiger partial charge >= 0.3 is 12.2 Å². The van der Waals surface area contributed by atoms with Crippen molar-refractivity contribution in [3.05, 3.63) is 65.2 Å². The first-order valence-electron chi connectivity index (χ1n) is 16.0. The van der Waals surface area contributed by atoms with Crippen LogP contribution in [0.3, 0.4) is 0 Å². The number of alkyl halides is 3. The summed E-state index contributed by atoms with van der Waals surface area (Å²) in [6.45, 7) is 15.6. The van der Waals surface area contributed by atoms with Gasteiger partial charge in [-0.2, -0.15) is 13.2 Å². The van der Waals surface area contributed by atoms with Gasteiger partial charge in [-0.15, -0.1) is 0 Å². The Kier molecular flexibility index (Phi) is 12.4. The van der Waals surface area contributed by atoms with Crippen LogP contribution in [0.25, 0.3) is 0 Å². The molecule has 0 spiro atoms. The molecule has 0 aliphatic carbocycles. The Morgan fingerprint density at radius 3 is 2.00 bits per heavy atom. The molecule has 1 heterocycles. The molecule has 11 heteroatoms. The van der Waals surface area contributed by atoms with Crippen molar-refractivity contribution in [3.8, 4) is 5.75 Å². The number of carbonyl (C=O) groups is 3. The number of likely N-dealkylation sites (N-methyl/N-ethyl adjacent to an activating group) is 2. The number of benzene rings is 2. The van der Waals surface area contributed by atoms with E-state index in [-0.39, 0.29) is 11.8 Å². The lowest BCUT2D eigenvalue weighted by atomic mass is 9.72. The summed E-state index contributed by atoms with van der Waals surface area (Å²) in [6.07, 6.45) is -3.34. The molecule has 0 radical (unpaired) electrons. The molecule has 3 rings (SSSR count). The molecule has 1 N–H and O–H groups in total. The molecule has 45 heavy (non-hydrogen) atoms. The molecule has 2 aromatic carbocycles. The highest BCUT2D eigenvalue weighted by atomic mass is 19.4. The molecule has 0 aromatic heterocycles. The van der Waals surface area contributed by atoms with Gasteiger partial charge in [0.05, 0.1) is 11.6 Å². The number of carbonyl (C=O) groups excluding carboxylic acids is 3. The summed E-state index contributed by atoms with van der Waals surface area (Å²) in [5, 5.41) is 2.85.